The number of hydrogen-bond donors (Lipinski definition) is 1. The van der Waals surface area contributed by atoms with Crippen molar-refractivity contribution in [1.82, 2.24) is 0 Å². The highest BCUT2D eigenvalue weighted by Crippen LogP contribution is 2.34. The molecule has 0 aliphatic carbocycles. The molecule has 1 aromatic heterocycles. The Morgan fingerprint density at radius 3 is 2.38 bits per heavy atom. The molecule has 1 amide bonds. The zero-order valence-corrected chi connectivity index (χ0v) is 20.0. The predicted molar refractivity (Wildman–Crippen MR) is 122 cm³/mol. The maximum atomic E-state index is 12.4. The van der Waals surface area contributed by atoms with Gasteiger partial charge in [0.25, 0.3) is 5.91 Å². The molecule has 0 atom stereocenters. The van der Waals surface area contributed by atoms with E-state index >= 15 is 0 Å². The fourth-order valence-corrected chi connectivity index (χ4v) is 4.11. The van der Waals surface area contributed by atoms with E-state index in [2.05, 4.69) is 5.32 Å². The molecule has 0 saturated carbocycles. The first-order chi connectivity index (χ1) is 15.2. The number of anilines is 1. The number of carbonyl (C=O) groups is 3. The summed E-state index contributed by atoms with van der Waals surface area (Å²) in [4.78, 5) is 38.1. The van der Waals surface area contributed by atoms with E-state index in [4.69, 9.17) is 18.9 Å². The van der Waals surface area contributed by atoms with E-state index in [-0.39, 0.29) is 18.3 Å². The first-order valence-electron chi connectivity index (χ1n) is 10.3. The lowest BCUT2D eigenvalue weighted by Gasteiger charge is -2.14. The van der Waals surface area contributed by atoms with Crippen LogP contribution in [-0.4, -0.2) is 44.3 Å². The fourth-order valence-electron chi connectivity index (χ4n) is 2.96. The van der Waals surface area contributed by atoms with Crippen LogP contribution in [0.1, 0.15) is 58.9 Å². The van der Waals surface area contributed by atoms with Crippen LogP contribution in [0, 0.1) is 6.92 Å². The monoisotopic (exact) mass is 463 g/mol. The highest BCUT2D eigenvalue weighted by atomic mass is 32.1. The van der Waals surface area contributed by atoms with Crippen molar-refractivity contribution in [2.45, 2.75) is 47.1 Å². The largest absolute Gasteiger partial charge is 0.493 e. The quantitative estimate of drug-likeness (QED) is 0.522. The fraction of sp³-hybridized carbons (Fsp3) is 0.435. The van der Waals surface area contributed by atoms with Crippen molar-refractivity contribution < 1.29 is 33.3 Å². The van der Waals surface area contributed by atoms with Gasteiger partial charge in [0.05, 0.1) is 30.9 Å². The van der Waals surface area contributed by atoms with E-state index in [0.29, 0.717) is 28.5 Å². The lowest BCUT2D eigenvalue weighted by Crippen LogP contribution is -2.22. The maximum Gasteiger partial charge on any atom is 0.341 e. The molecule has 174 valence electrons. The summed E-state index contributed by atoms with van der Waals surface area (Å²) in [7, 11) is 1.47. The first-order valence-corrected chi connectivity index (χ1v) is 11.1. The summed E-state index contributed by atoms with van der Waals surface area (Å²) in [6.07, 6.45) is 0.658. The van der Waals surface area contributed by atoms with Gasteiger partial charge >= 0.3 is 11.9 Å². The summed E-state index contributed by atoms with van der Waals surface area (Å²) in [6.45, 7) is 8.98. The van der Waals surface area contributed by atoms with Gasteiger partial charge < -0.3 is 24.3 Å². The minimum atomic E-state index is -0.684. The number of esters is 2. The van der Waals surface area contributed by atoms with E-state index in [1.807, 2.05) is 27.7 Å². The molecule has 0 saturated heterocycles. The zero-order valence-electron chi connectivity index (χ0n) is 19.2. The number of thiophene rings is 1. The Bertz CT molecular complexity index is 981. The van der Waals surface area contributed by atoms with Crippen LogP contribution in [0.5, 0.6) is 11.5 Å². The molecule has 0 unspecified atom stereocenters. The van der Waals surface area contributed by atoms with Gasteiger partial charge in [-0.2, -0.15) is 0 Å². The molecule has 9 heteroatoms. The Labute approximate surface area is 191 Å². The number of ether oxygens (including phenoxy) is 4. The summed E-state index contributed by atoms with van der Waals surface area (Å²) >= 11 is 1.31. The topological polar surface area (TPSA) is 100 Å². The predicted octanol–water partition coefficient (Wildman–Crippen LogP) is 4.39. The second-order valence-electron chi connectivity index (χ2n) is 7.08. The van der Waals surface area contributed by atoms with Crippen molar-refractivity contribution in [3.05, 3.63) is 39.8 Å². The van der Waals surface area contributed by atoms with Crippen molar-refractivity contribution in [2.24, 2.45) is 0 Å². The lowest BCUT2D eigenvalue weighted by atomic mass is 10.1. The molecule has 2 rings (SSSR count). The molecule has 0 aliphatic rings. The molecular weight excluding hydrogens is 434 g/mol. The van der Waals surface area contributed by atoms with E-state index in [0.717, 1.165) is 10.4 Å². The summed E-state index contributed by atoms with van der Waals surface area (Å²) in [5, 5.41) is 3.05. The molecule has 8 nitrogen and oxygen atoms in total. The second-order valence-corrected chi connectivity index (χ2v) is 8.19. The average Bonchev–Trinajstić information content (AvgIpc) is 3.06. The number of hydrogen-bond acceptors (Lipinski definition) is 8. The average molecular weight is 464 g/mol. The van der Waals surface area contributed by atoms with Gasteiger partial charge in [-0.15, -0.1) is 11.3 Å². The van der Waals surface area contributed by atoms with Crippen LogP contribution >= 0.6 is 11.3 Å². The third-order valence-electron chi connectivity index (χ3n) is 4.40. The van der Waals surface area contributed by atoms with Gasteiger partial charge in [-0.25, -0.2) is 9.59 Å². The molecule has 1 aromatic carbocycles. The molecule has 0 bridgehead atoms. The maximum absolute atomic E-state index is 12.4. The van der Waals surface area contributed by atoms with Crippen molar-refractivity contribution in [3.8, 4) is 11.5 Å². The van der Waals surface area contributed by atoms with E-state index in [1.54, 1.807) is 13.0 Å². The zero-order chi connectivity index (χ0) is 23.8. The molecular formula is C23H29NO7S. The highest BCUT2D eigenvalue weighted by Gasteiger charge is 2.23. The molecule has 1 heterocycles. The van der Waals surface area contributed by atoms with Crippen LogP contribution < -0.4 is 14.8 Å². The Morgan fingerprint density at radius 2 is 1.78 bits per heavy atom. The molecule has 2 aromatic rings. The van der Waals surface area contributed by atoms with Crippen molar-refractivity contribution in [3.63, 3.8) is 0 Å². The van der Waals surface area contributed by atoms with Crippen LogP contribution in [-0.2, 0) is 20.7 Å². The minimum absolute atomic E-state index is 0.0565. The number of amides is 1. The summed E-state index contributed by atoms with van der Waals surface area (Å²) < 4.78 is 21.1. The molecule has 32 heavy (non-hydrogen) atoms. The summed E-state index contributed by atoms with van der Waals surface area (Å²) in [6, 6.07) is 4.64. The van der Waals surface area contributed by atoms with Gasteiger partial charge in [0.15, 0.2) is 18.1 Å². The van der Waals surface area contributed by atoms with Crippen molar-refractivity contribution in [2.75, 3.05) is 25.6 Å². The molecule has 0 spiro atoms. The first kappa shape index (κ1) is 25.2. The third-order valence-corrected chi connectivity index (χ3v) is 5.75. The van der Waals surface area contributed by atoms with Gasteiger partial charge in [0.2, 0.25) is 0 Å². The van der Waals surface area contributed by atoms with Crippen LogP contribution in [0.4, 0.5) is 5.00 Å². The second kappa shape index (κ2) is 11.5. The lowest BCUT2D eigenvalue weighted by molar-refractivity contribution is -0.119. The smallest absolute Gasteiger partial charge is 0.341 e. The number of rotatable bonds is 10. The summed E-state index contributed by atoms with van der Waals surface area (Å²) in [5.74, 6) is -0.846. The molecule has 0 radical (unpaired) electrons. The Hall–Kier alpha value is -3.07. The molecule has 1 N–H and O–H groups in total. The minimum Gasteiger partial charge on any atom is -0.493 e. The Balaban J connectivity index is 2.07. The van der Waals surface area contributed by atoms with Gasteiger partial charge in [0, 0.05) is 4.88 Å². The van der Waals surface area contributed by atoms with Crippen LogP contribution in [0.25, 0.3) is 0 Å². The highest BCUT2D eigenvalue weighted by molar-refractivity contribution is 7.17. The number of methoxy groups -OCH3 is 1. The van der Waals surface area contributed by atoms with Gasteiger partial charge in [-0.1, -0.05) is 6.92 Å². The van der Waals surface area contributed by atoms with Gasteiger partial charge in [-0.3, -0.25) is 4.79 Å². The van der Waals surface area contributed by atoms with E-state index in [1.165, 1.54) is 30.6 Å². The third kappa shape index (κ3) is 6.23. The Kier molecular flexibility index (Phi) is 9.07. The number of carbonyl (C=O) groups excluding carboxylic acids is 3. The molecule has 0 aliphatic heterocycles. The van der Waals surface area contributed by atoms with Gasteiger partial charge in [-0.05, 0) is 57.9 Å². The van der Waals surface area contributed by atoms with Crippen molar-refractivity contribution >= 4 is 34.2 Å². The number of nitrogens with one attached hydrogen (secondary N) is 1. The van der Waals surface area contributed by atoms with E-state index in [9.17, 15) is 14.4 Å². The normalized spacial score (nSPS) is 10.6. The van der Waals surface area contributed by atoms with Crippen molar-refractivity contribution in [1.29, 1.82) is 0 Å². The SMILES string of the molecule is CCOC(=O)c1c(NC(=O)COC(=O)c2ccc(OC(C)C)c(OC)c2)sc(CC)c1C. The number of benzene rings is 1. The standard InChI is InChI=1S/C23H29NO7S/c1-7-18-14(5)20(23(27)29-8-2)21(32-18)24-19(25)12-30-22(26)15-9-10-16(31-13(3)4)17(11-15)28-6/h9-11,13H,7-8,12H2,1-6H3,(H,24,25). The van der Waals surface area contributed by atoms with E-state index < -0.39 is 24.5 Å². The van der Waals surface area contributed by atoms with Gasteiger partial charge in [0.1, 0.15) is 5.00 Å². The summed E-state index contributed by atoms with van der Waals surface area (Å²) in [5.41, 5.74) is 1.33. The Morgan fingerprint density at radius 1 is 1.06 bits per heavy atom. The van der Waals surface area contributed by atoms with Crippen LogP contribution in [0.2, 0.25) is 0 Å². The number of aryl methyl sites for hydroxylation is 1. The van der Waals surface area contributed by atoms with Crippen LogP contribution in [0.15, 0.2) is 18.2 Å². The van der Waals surface area contributed by atoms with Crippen LogP contribution in [0.3, 0.4) is 0 Å². The molecule has 0 fully saturated rings.